The molecule has 0 amide bonds. The second-order valence-electron chi connectivity index (χ2n) is 4.11. The molecule has 0 aliphatic rings. The third kappa shape index (κ3) is 4.32. The number of ether oxygens (including phenoxy) is 1. The van der Waals surface area contributed by atoms with E-state index in [1.165, 1.54) is 12.1 Å². The van der Waals surface area contributed by atoms with Gasteiger partial charge in [-0.15, -0.1) is 0 Å². The smallest absolute Gasteiger partial charge is 0.322 e. The summed E-state index contributed by atoms with van der Waals surface area (Å²) in [5.74, 6) is -2.27. The summed E-state index contributed by atoms with van der Waals surface area (Å²) in [5.41, 5.74) is 0.715. The van der Waals surface area contributed by atoms with E-state index in [1.54, 1.807) is 19.1 Å². The van der Waals surface area contributed by atoms with Gasteiger partial charge in [-0.2, -0.15) is 4.72 Å². The maximum Gasteiger partial charge on any atom is 0.322 e. The molecule has 0 bridgehead atoms. The molecular formula is C12H15NO6S. The van der Waals surface area contributed by atoms with Crippen molar-refractivity contribution >= 4 is 22.0 Å². The Morgan fingerprint density at radius 3 is 2.55 bits per heavy atom. The number of sulfonamides is 1. The summed E-state index contributed by atoms with van der Waals surface area (Å²) >= 11 is 0. The van der Waals surface area contributed by atoms with E-state index in [1.807, 2.05) is 4.72 Å². The normalized spacial score (nSPS) is 12.7. The first-order chi connectivity index (χ1) is 9.26. The van der Waals surface area contributed by atoms with E-state index in [0.717, 1.165) is 7.11 Å². The predicted molar refractivity (Wildman–Crippen MR) is 69.6 cm³/mol. The molecule has 20 heavy (non-hydrogen) atoms. The Balaban J connectivity index is 2.97. The van der Waals surface area contributed by atoms with Gasteiger partial charge in [-0.25, -0.2) is 8.42 Å². The van der Waals surface area contributed by atoms with Gasteiger partial charge in [0, 0.05) is 0 Å². The van der Waals surface area contributed by atoms with Gasteiger partial charge in [0.1, 0.15) is 6.04 Å². The quantitative estimate of drug-likeness (QED) is 0.731. The molecule has 0 aliphatic carbocycles. The van der Waals surface area contributed by atoms with Crippen LogP contribution >= 0.6 is 0 Å². The summed E-state index contributed by atoms with van der Waals surface area (Å²) < 4.78 is 30.4. The molecule has 0 aliphatic heterocycles. The Hall–Kier alpha value is -1.93. The van der Waals surface area contributed by atoms with Gasteiger partial charge in [-0.3, -0.25) is 9.59 Å². The Morgan fingerprint density at radius 2 is 2.05 bits per heavy atom. The standard InChI is InChI=1S/C12H15NO6S/c1-8-4-3-5-9(6-8)20(17,18)13-10(12(15)16)7-11(14)19-2/h3-6,10,13H,7H2,1-2H3,(H,15,16)/t10-/m0/s1. The summed E-state index contributed by atoms with van der Waals surface area (Å²) in [6, 6.07) is 4.42. The number of methoxy groups -OCH3 is 1. The number of carboxylic acid groups (broad SMARTS) is 1. The van der Waals surface area contributed by atoms with Crippen LogP contribution in [0.3, 0.4) is 0 Å². The molecule has 110 valence electrons. The molecule has 0 unspecified atom stereocenters. The third-order valence-corrected chi connectivity index (χ3v) is 3.96. The first-order valence-corrected chi connectivity index (χ1v) is 7.13. The van der Waals surface area contributed by atoms with Crippen molar-refractivity contribution in [2.24, 2.45) is 0 Å². The number of carboxylic acids is 1. The molecule has 1 rings (SSSR count). The van der Waals surface area contributed by atoms with Crippen molar-refractivity contribution in [2.45, 2.75) is 24.3 Å². The molecule has 0 spiro atoms. The zero-order valence-electron chi connectivity index (χ0n) is 11.0. The molecular weight excluding hydrogens is 286 g/mol. The van der Waals surface area contributed by atoms with E-state index in [0.29, 0.717) is 5.56 Å². The van der Waals surface area contributed by atoms with Crippen LogP contribution in [0.25, 0.3) is 0 Å². The van der Waals surface area contributed by atoms with Gasteiger partial charge >= 0.3 is 11.9 Å². The molecule has 2 N–H and O–H groups in total. The van der Waals surface area contributed by atoms with Crippen LogP contribution in [0.4, 0.5) is 0 Å². The van der Waals surface area contributed by atoms with E-state index in [2.05, 4.69) is 4.74 Å². The number of aryl methyl sites for hydroxylation is 1. The van der Waals surface area contributed by atoms with Crippen LogP contribution in [-0.4, -0.2) is 38.6 Å². The fraction of sp³-hybridized carbons (Fsp3) is 0.333. The molecule has 8 heteroatoms. The van der Waals surface area contributed by atoms with Crippen molar-refractivity contribution in [3.05, 3.63) is 29.8 Å². The minimum Gasteiger partial charge on any atom is -0.480 e. The third-order valence-electron chi connectivity index (χ3n) is 2.49. The summed E-state index contributed by atoms with van der Waals surface area (Å²) in [4.78, 5) is 22.0. The molecule has 1 atom stereocenters. The van der Waals surface area contributed by atoms with Crippen molar-refractivity contribution in [1.29, 1.82) is 0 Å². The molecule has 1 aromatic carbocycles. The highest BCUT2D eigenvalue weighted by atomic mass is 32.2. The Bertz CT molecular complexity index is 610. The Labute approximate surface area is 116 Å². The van der Waals surface area contributed by atoms with Crippen molar-refractivity contribution in [2.75, 3.05) is 7.11 Å². The lowest BCUT2D eigenvalue weighted by atomic mass is 10.2. The highest BCUT2D eigenvalue weighted by Gasteiger charge is 2.28. The van der Waals surface area contributed by atoms with Crippen LogP contribution in [0, 0.1) is 6.92 Å². The molecule has 0 saturated heterocycles. The number of hydrogen-bond acceptors (Lipinski definition) is 5. The van der Waals surface area contributed by atoms with Crippen molar-refractivity contribution in [1.82, 2.24) is 4.72 Å². The van der Waals surface area contributed by atoms with Gasteiger partial charge in [0.25, 0.3) is 0 Å². The summed E-state index contributed by atoms with van der Waals surface area (Å²) in [6.45, 7) is 1.71. The second kappa shape index (κ2) is 6.49. The first-order valence-electron chi connectivity index (χ1n) is 5.65. The van der Waals surface area contributed by atoms with Gasteiger partial charge < -0.3 is 9.84 Å². The highest BCUT2D eigenvalue weighted by molar-refractivity contribution is 7.89. The second-order valence-corrected chi connectivity index (χ2v) is 5.82. The zero-order valence-corrected chi connectivity index (χ0v) is 11.8. The van der Waals surface area contributed by atoms with E-state index >= 15 is 0 Å². The van der Waals surface area contributed by atoms with Crippen LogP contribution in [0.1, 0.15) is 12.0 Å². The summed E-state index contributed by atoms with van der Waals surface area (Å²) in [6.07, 6.45) is -0.586. The fourth-order valence-electron chi connectivity index (χ4n) is 1.47. The van der Waals surface area contributed by atoms with E-state index in [-0.39, 0.29) is 4.90 Å². The lowest BCUT2D eigenvalue weighted by Crippen LogP contribution is -2.42. The van der Waals surface area contributed by atoms with Gasteiger partial charge in [0.05, 0.1) is 18.4 Å². The average Bonchev–Trinajstić information content (AvgIpc) is 2.37. The highest BCUT2D eigenvalue weighted by Crippen LogP contribution is 2.12. The Morgan fingerprint density at radius 1 is 1.40 bits per heavy atom. The molecule has 0 radical (unpaired) electrons. The van der Waals surface area contributed by atoms with Gasteiger partial charge in [-0.05, 0) is 24.6 Å². The number of hydrogen-bond donors (Lipinski definition) is 2. The monoisotopic (exact) mass is 301 g/mol. The number of nitrogens with one attached hydrogen (secondary N) is 1. The molecule has 1 aromatic rings. The Kier molecular flexibility index (Phi) is 5.23. The van der Waals surface area contributed by atoms with E-state index in [4.69, 9.17) is 5.11 Å². The van der Waals surface area contributed by atoms with Gasteiger partial charge in [0.15, 0.2) is 0 Å². The van der Waals surface area contributed by atoms with E-state index in [9.17, 15) is 18.0 Å². The van der Waals surface area contributed by atoms with Crippen LogP contribution in [-0.2, 0) is 24.3 Å². The fourth-order valence-corrected chi connectivity index (χ4v) is 2.76. The largest absolute Gasteiger partial charge is 0.480 e. The van der Waals surface area contributed by atoms with Crippen LogP contribution in [0.2, 0.25) is 0 Å². The van der Waals surface area contributed by atoms with Crippen molar-refractivity contribution in [3.8, 4) is 0 Å². The summed E-state index contributed by atoms with van der Waals surface area (Å²) in [5, 5.41) is 8.95. The number of esters is 1. The molecule has 0 saturated carbocycles. The lowest BCUT2D eigenvalue weighted by molar-refractivity contribution is -0.147. The average molecular weight is 301 g/mol. The molecule has 0 aromatic heterocycles. The molecule has 0 heterocycles. The van der Waals surface area contributed by atoms with Gasteiger partial charge in [-0.1, -0.05) is 12.1 Å². The van der Waals surface area contributed by atoms with Crippen molar-refractivity contribution < 1.29 is 27.9 Å². The van der Waals surface area contributed by atoms with Crippen LogP contribution in [0.15, 0.2) is 29.2 Å². The van der Waals surface area contributed by atoms with Crippen molar-refractivity contribution in [3.63, 3.8) is 0 Å². The van der Waals surface area contributed by atoms with Crippen LogP contribution in [0.5, 0.6) is 0 Å². The number of rotatable bonds is 6. The summed E-state index contributed by atoms with van der Waals surface area (Å²) in [7, 11) is -2.93. The van der Waals surface area contributed by atoms with Gasteiger partial charge in [0.2, 0.25) is 10.0 Å². The maximum absolute atomic E-state index is 12.0. The number of benzene rings is 1. The minimum atomic E-state index is -4.02. The minimum absolute atomic E-state index is 0.0615. The SMILES string of the molecule is COC(=O)C[C@H](NS(=O)(=O)c1cccc(C)c1)C(=O)O. The maximum atomic E-state index is 12.0. The predicted octanol–water partition coefficient (Wildman–Crippen LogP) is 0.290. The number of carbonyl (C=O) groups is 2. The lowest BCUT2D eigenvalue weighted by Gasteiger charge is -2.14. The zero-order chi connectivity index (χ0) is 15.3. The van der Waals surface area contributed by atoms with E-state index < -0.39 is 34.4 Å². The number of carbonyl (C=O) groups excluding carboxylic acids is 1. The molecule has 7 nitrogen and oxygen atoms in total. The van der Waals surface area contributed by atoms with Crippen LogP contribution < -0.4 is 4.72 Å². The molecule has 0 fully saturated rings. The first kappa shape index (κ1) is 16.1. The topological polar surface area (TPSA) is 110 Å². The number of aliphatic carboxylic acids is 1.